The highest BCUT2D eigenvalue weighted by Gasteiger charge is 2.17. The first-order chi connectivity index (χ1) is 6.43. The van der Waals surface area contributed by atoms with Gasteiger partial charge in [-0.3, -0.25) is 4.79 Å². The van der Waals surface area contributed by atoms with E-state index in [1.54, 1.807) is 0 Å². The van der Waals surface area contributed by atoms with Crippen LogP contribution in [0.5, 0.6) is 5.75 Å². The van der Waals surface area contributed by atoms with Crippen LogP contribution in [0.4, 0.5) is 14.5 Å². The fourth-order valence-electron chi connectivity index (χ4n) is 1.13. The SMILES string of the molecule is CC(=O)c1cc(O)cc(C(F)F)c1N. The van der Waals surface area contributed by atoms with Gasteiger partial charge in [-0.15, -0.1) is 0 Å². The van der Waals surface area contributed by atoms with Crippen molar-refractivity contribution in [1.29, 1.82) is 0 Å². The highest BCUT2D eigenvalue weighted by molar-refractivity contribution is 6.00. The molecule has 3 N–H and O–H groups in total. The Labute approximate surface area is 79.2 Å². The van der Waals surface area contributed by atoms with Gasteiger partial charge in [0, 0.05) is 11.1 Å². The zero-order chi connectivity index (χ0) is 10.9. The summed E-state index contributed by atoms with van der Waals surface area (Å²) in [4.78, 5) is 11.0. The van der Waals surface area contributed by atoms with Crippen molar-refractivity contribution in [3.8, 4) is 5.75 Å². The number of nitrogens with two attached hydrogens (primary N) is 1. The monoisotopic (exact) mass is 201 g/mol. The third-order valence-electron chi connectivity index (χ3n) is 1.81. The van der Waals surface area contributed by atoms with Crippen LogP contribution in [0.25, 0.3) is 0 Å². The molecule has 0 unspecified atom stereocenters. The van der Waals surface area contributed by atoms with E-state index in [4.69, 9.17) is 10.8 Å². The fraction of sp³-hybridized carbons (Fsp3) is 0.222. The summed E-state index contributed by atoms with van der Waals surface area (Å²) < 4.78 is 24.7. The Balaban J connectivity index is 3.40. The molecule has 0 atom stereocenters. The molecule has 0 heterocycles. The van der Waals surface area contributed by atoms with Crippen molar-refractivity contribution < 1.29 is 18.7 Å². The molecule has 0 spiro atoms. The molecule has 5 heteroatoms. The van der Waals surface area contributed by atoms with E-state index in [9.17, 15) is 13.6 Å². The predicted molar refractivity (Wildman–Crippen MR) is 47.5 cm³/mol. The minimum atomic E-state index is -2.81. The van der Waals surface area contributed by atoms with E-state index in [0.29, 0.717) is 0 Å². The molecule has 1 rings (SSSR count). The average molecular weight is 201 g/mol. The maximum Gasteiger partial charge on any atom is 0.265 e. The number of nitrogen functional groups attached to an aromatic ring is 1. The normalized spacial score (nSPS) is 10.6. The number of aromatic hydroxyl groups is 1. The van der Waals surface area contributed by atoms with Gasteiger partial charge in [-0.05, 0) is 19.1 Å². The van der Waals surface area contributed by atoms with Crippen molar-refractivity contribution in [3.05, 3.63) is 23.3 Å². The van der Waals surface area contributed by atoms with Crippen LogP contribution < -0.4 is 5.73 Å². The molecule has 76 valence electrons. The van der Waals surface area contributed by atoms with Gasteiger partial charge in [-0.25, -0.2) is 8.78 Å². The molecule has 0 aliphatic rings. The van der Waals surface area contributed by atoms with E-state index < -0.39 is 17.8 Å². The molecule has 0 aliphatic heterocycles. The van der Waals surface area contributed by atoms with E-state index in [-0.39, 0.29) is 17.0 Å². The van der Waals surface area contributed by atoms with Crippen LogP contribution in [0, 0.1) is 0 Å². The van der Waals surface area contributed by atoms with Gasteiger partial charge in [0.1, 0.15) is 5.75 Å². The van der Waals surface area contributed by atoms with Crippen LogP contribution in [0.3, 0.4) is 0 Å². The van der Waals surface area contributed by atoms with Crippen LogP contribution in [0.1, 0.15) is 29.3 Å². The van der Waals surface area contributed by atoms with Crippen LogP contribution in [0.15, 0.2) is 12.1 Å². The Morgan fingerprint density at radius 3 is 2.50 bits per heavy atom. The first-order valence-corrected chi connectivity index (χ1v) is 3.85. The second-order valence-corrected chi connectivity index (χ2v) is 2.85. The number of anilines is 1. The molecule has 0 bridgehead atoms. The largest absolute Gasteiger partial charge is 0.508 e. The predicted octanol–water partition coefficient (Wildman–Crippen LogP) is 2.11. The number of hydrogen-bond donors (Lipinski definition) is 2. The first-order valence-electron chi connectivity index (χ1n) is 3.85. The summed E-state index contributed by atoms with van der Waals surface area (Å²) in [7, 11) is 0. The number of rotatable bonds is 2. The van der Waals surface area contributed by atoms with Crippen molar-refractivity contribution >= 4 is 11.5 Å². The van der Waals surface area contributed by atoms with Gasteiger partial charge in [0.2, 0.25) is 0 Å². The van der Waals surface area contributed by atoms with E-state index in [0.717, 1.165) is 12.1 Å². The number of benzene rings is 1. The summed E-state index contributed by atoms with van der Waals surface area (Å²) in [6, 6.07) is 1.93. The lowest BCUT2D eigenvalue weighted by molar-refractivity contribution is 0.101. The molecule has 3 nitrogen and oxygen atoms in total. The van der Waals surface area contributed by atoms with E-state index in [1.165, 1.54) is 6.92 Å². The Morgan fingerprint density at radius 2 is 2.07 bits per heavy atom. The molecule has 0 fully saturated rings. The van der Waals surface area contributed by atoms with Gasteiger partial charge in [0.25, 0.3) is 6.43 Å². The molecule has 1 aromatic carbocycles. The number of alkyl halides is 2. The second-order valence-electron chi connectivity index (χ2n) is 2.85. The number of hydrogen-bond acceptors (Lipinski definition) is 3. The van der Waals surface area contributed by atoms with Crippen molar-refractivity contribution in [1.82, 2.24) is 0 Å². The molecular formula is C9H9F2NO2. The average Bonchev–Trinajstić information content (AvgIpc) is 2.07. The first kappa shape index (κ1) is 10.4. The summed E-state index contributed by atoms with van der Waals surface area (Å²) >= 11 is 0. The number of Topliss-reactive ketones (excluding diaryl/α,β-unsaturated/α-hetero) is 1. The summed E-state index contributed by atoms with van der Waals surface area (Å²) in [6.07, 6.45) is -2.81. The number of phenols is 1. The van der Waals surface area contributed by atoms with Crippen LogP contribution in [-0.4, -0.2) is 10.9 Å². The van der Waals surface area contributed by atoms with Gasteiger partial charge >= 0.3 is 0 Å². The maximum absolute atomic E-state index is 12.3. The Bertz CT molecular complexity index is 377. The lowest BCUT2D eigenvalue weighted by Crippen LogP contribution is -2.03. The fourth-order valence-corrected chi connectivity index (χ4v) is 1.13. The van der Waals surface area contributed by atoms with E-state index in [2.05, 4.69) is 0 Å². The van der Waals surface area contributed by atoms with Gasteiger partial charge in [0.05, 0.1) is 5.69 Å². The number of carbonyl (C=O) groups excluding carboxylic acids is 1. The zero-order valence-electron chi connectivity index (χ0n) is 7.42. The van der Waals surface area contributed by atoms with Crippen LogP contribution >= 0.6 is 0 Å². The Hall–Kier alpha value is -1.65. The minimum Gasteiger partial charge on any atom is -0.508 e. The lowest BCUT2D eigenvalue weighted by Gasteiger charge is -2.09. The van der Waals surface area contributed by atoms with Crippen LogP contribution in [0.2, 0.25) is 0 Å². The van der Waals surface area contributed by atoms with Gasteiger partial charge in [-0.2, -0.15) is 0 Å². The molecular weight excluding hydrogens is 192 g/mol. The number of halogens is 2. The number of carbonyl (C=O) groups is 1. The molecule has 1 aromatic rings. The smallest absolute Gasteiger partial charge is 0.265 e. The van der Waals surface area contributed by atoms with Crippen molar-refractivity contribution in [3.63, 3.8) is 0 Å². The zero-order valence-corrected chi connectivity index (χ0v) is 7.42. The number of ketones is 1. The second kappa shape index (κ2) is 3.61. The van der Waals surface area contributed by atoms with Crippen molar-refractivity contribution in [2.24, 2.45) is 0 Å². The van der Waals surface area contributed by atoms with Crippen LogP contribution in [-0.2, 0) is 0 Å². The molecule has 0 amide bonds. The third-order valence-corrected chi connectivity index (χ3v) is 1.81. The minimum absolute atomic E-state index is 0.0831. The summed E-state index contributed by atoms with van der Waals surface area (Å²) in [5, 5.41) is 9.07. The Morgan fingerprint density at radius 1 is 1.50 bits per heavy atom. The van der Waals surface area contributed by atoms with Crippen molar-refractivity contribution in [2.45, 2.75) is 13.3 Å². The van der Waals surface area contributed by atoms with Crippen molar-refractivity contribution in [2.75, 3.05) is 5.73 Å². The number of phenolic OH excluding ortho intramolecular Hbond substituents is 1. The highest BCUT2D eigenvalue weighted by atomic mass is 19.3. The maximum atomic E-state index is 12.3. The molecule has 0 radical (unpaired) electrons. The van der Waals surface area contributed by atoms with E-state index in [1.807, 2.05) is 0 Å². The standard InChI is InChI=1S/C9H9F2NO2/c1-4(13)6-2-5(14)3-7(8(6)12)9(10)11/h2-3,9,14H,12H2,1H3. The molecule has 0 saturated carbocycles. The van der Waals surface area contributed by atoms with Gasteiger partial charge in [-0.1, -0.05) is 0 Å². The molecule has 0 saturated heterocycles. The lowest BCUT2D eigenvalue weighted by atomic mass is 10.0. The molecule has 0 aromatic heterocycles. The molecule has 14 heavy (non-hydrogen) atoms. The Kier molecular flexibility index (Phi) is 2.69. The third kappa shape index (κ3) is 1.81. The van der Waals surface area contributed by atoms with E-state index >= 15 is 0 Å². The topological polar surface area (TPSA) is 63.3 Å². The highest BCUT2D eigenvalue weighted by Crippen LogP contribution is 2.31. The van der Waals surface area contributed by atoms with Gasteiger partial charge < -0.3 is 10.8 Å². The summed E-state index contributed by atoms with van der Waals surface area (Å²) in [5.74, 6) is -0.847. The van der Waals surface area contributed by atoms with Gasteiger partial charge in [0.15, 0.2) is 5.78 Å². The quantitative estimate of drug-likeness (QED) is 0.437. The molecule has 0 aliphatic carbocycles. The summed E-state index contributed by atoms with van der Waals surface area (Å²) in [6.45, 7) is 1.19. The summed E-state index contributed by atoms with van der Waals surface area (Å²) in [5.41, 5.74) is 4.47.